The van der Waals surface area contributed by atoms with Crippen LogP contribution in [0.3, 0.4) is 0 Å². The first kappa shape index (κ1) is 27.9. The quantitative estimate of drug-likeness (QED) is 0.238. The van der Waals surface area contributed by atoms with Gasteiger partial charge in [0, 0.05) is 16.7 Å². The number of nitrogens with zero attached hydrogens (tertiary/aromatic N) is 1. The number of nitrogens with two attached hydrogens (primary N) is 1. The Kier molecular flexibility index (Phi) is 8.68. The van der Waals surface area contributed by atoms with Crippen LogP contribution in [-0.2, 0) is 4.79 Å². The van der Waals surface area contributed by atoms with E-state index >= 15 is 0 Å². The number of nitriles is 1. The Labute approximate surface area is 233 Å². The second-order valence-corrected chi connectivity index (χ2v) is 10.2. The Balaban J connectivity index is 1.51. The fourth-order valence-corrected chi connectivity index (χ4v) is 4.44. The van der Waals surface area contributed by atoms with E-state index in [0.717, 1.165) is 28.7 Å². The van der Waals surface area contributed by atoms with Gasteiger partial charge in [0.25, 0.3) is 0 Å². The highest BCUT2D eigenvalue weighted by atomic mass is 35.5. The van der Waals surface area contributed by atoms with Gasteiger partial charge in [-0.15, -0.1) is 0 Å². The van der Waals surface area contributed by atoms with Crippen molar-refractivity contribution in [2.75, 3.05) is 13.2 Å². The van der Waals surface area contributed by atoms with Crippen LogP contribution in [0.15, 0.2) is 66.1 Å². The summed E-state index contributed by atoms with van der Waals surface area (Å²) in [6.07, 6.45) is 0.937. The molecule has 0 saturated heterocycles. The van der Waals surface area contributed by atoms with Crippen molar-refractivity contribution in [3.63, 3.8) is 0 Å². The Morgan fingerprint density at radius 2 is 1.79 bits per heavy atom. The van der Waals surface area contributed by atoms with Crippen LogP contribution in [0.25, 0.3) is 0 Å². The second-order valence-electron chi connectivity index (χ2n) is 9.86. The van der Waals surface area contributed by atoms with Crippen LogP contribution < -0.4 is 24.7 Å². The lowest BCUT2D eigenvalue weighted by atomic mass is 9.83. The molecular weight excluding hydrogens is 516 g/mol. The van der Waals surface area contributed by atoms with Crippen molar-refractivity contribution >= 4 is 17.6 Å². The summed E-state index contributed by atoms with van der Waals surface area (Å²) in [6, 6.07) is 18.3. The minimum atomic E-state index is -0.583. The first-order valence-corrected chi connectivity index (χ1v) is 13.1. The standard InChI is InChI=1S/C31H31ClN2O5/c1-18(2)10-11-36-22-7-5-6-21(14-22)29-25-9-8-23(15-27(25)39-31(34)26(29)16-33)38-28(35)17-37-24-12-19(3)30(32)20(4)13-24/h5-9,12-15,18,29H,10-11,17,34H2,1-4H3. The van der Waals surface area contributed by atoms with Crippen molar-refractivity contribution in [2.24, 2.45) is 11.7 Å². The Morgan fingerprint density at radius 3 is 2.49 bits per heavy atom. The second kappa shape index (κ2) is 12.1. The number of hydrogen-bond acceptors (Lipinski definition) is 7. The van der Waals surface area contributed by atoms with E-state index in [1.807, 2.05) is 38.1 Å². The number of fused-ring (bicyclic) bond motifs is 1. The molecule has 0 aliphatic carbocycles. The summed E-state index contributed by atoms with van der Waals surface area (Å²) in [5, 5.41) is 10.5. The van der Waals surface area contributed by atoms with E-state index in [0.29, 0.717) is 40.4 Å². The molecule has 1 unspecified atom stereocenters. The van der Waals surface area contributed by atoms with Gasteiger partial charge in [-0.2, -0.15) is 5.26 Å². The highest BCUT2D eigenvalue weighted by Crippen LogP contribution is 2.44. The highest BCUT2D eigenvalue weighted by molar-refractivity contribution is 6.32. The minimum Gasteiger partial charge on any atom is -0.494 e. The molecule has 1 aliphatic rings. The lowest BCUT2D eigenvalue weighted by Gasteiger charge is -2.27. The molecule has 1 heterocycles. The number of ether oxygens (including phenoxy) is 4. The monoisotopic (exact) mass is 546 g/mol. The topological polar surface area (TPSA) is 104 Å². The van der Waals surface area contributed by atoms with E-state index in [1.54, 1.807) is 30.3 Å². The Hall–Kier alpha value is -4.15. The number of hydrogen-bond donors (Lipinski definition) is 1. The highest BCUT2D eigenvalue weighted by Gasteiger charge is 2.31. The van der Waals surface area contributed by atoms with Gasteiger partial charge in [-0.25, -0.2) is 4.79 Å². The van der Waals surface area contributed by atoms with Gasteiger partial charge in [0.1, 0.15) is 34.6 Å². The molecule has 8 heteroatoms. The molecule has 0 amide bonds. The smallest absolute Gasteiger partial charge is 0.349 e. The Bertz CT molecular complexity index is 1430. The third kappa shape index (κ3) is 6.65. The maximum absolute atomic E-state index is 12.5. The van der Waals surface area contributed by atoms with Crippen LogP contribution in [0.1, 0.15) is 48.4 Å². The number of carbonyl (C=O) groups is 1. The molecule has 0 fully saturated rings. The van der Waals surface area contributed by atoms with E-state index < -0.39 is 11.9 Å². The molecule has 0 saturated carbocycles. The number of benzene rings is 3. The summed E-state index contributed by atoms with van der Waals surface area (Å²) in [5.41, 5.74) is 9.73. The summed E-state index contributed by atoms with van der Waals surface area (Å²) in [6.45, 7) is 8.34. The van der Waals surface area contributed by atoms with E-state index in [1.165, 1.54) is 0 Å². The fraction of sp³-hybridized carbons (Fsp3) is 0.290. The minimum absolute atomic E-state index is 0.00131. The number of rotatable bonds is 9. The predicted molar refractivity (Wildman–Crippen MR) is 149 cm³/mol. The van der Waals surface area contributed by atoms with Crippen molar-refractivity contribution < 1.29 is 23.7 Å². The van der Waals surface area contributed by atoms with Gasteiger partial charge >= 0.3 is 5.97 Å². The molecular formula is C31H31ClN2O5. The van der Waals surface area contributed by atoms with Crippen molar-refractivity contribution in [2.45, 2.75) is 40.0 Å². The van der Waals surface area contributed by atoms with Gasteiger partial charge in [0.15, 0.2) is 6.61 Å². The van der Waals surface area contributed by atoms with Gasteiger partial charge in [-0.3, -0.25) is 0 Å². The molecule has 4 rings (SSSR count). The van der Waals surface area contributed by atoms with Gasteiger partial charge in [-0.1, -0.05) is 43.6 Å². The third-order valence-electron chi connectivity index (χ3n) is 6.34. The number of esters is 1. The summed E-state index contributed by atoms with van der Waals surface area (Å²) >= 11 is 6.20. The van der Waals surface area contributed by atoms with Gasteiger partial charge < -0.3 is 24.7 Å². The molecule has 7 nitrogen and oxygen atoms in total. The lowest BCUT2D eigenvalue weighted by Crippen LogP contribution is -2.22. The summed E-state index contributed by atoms with van der Waals surface area (Å²) in [7, 11) is 0. The van der Waals surface area contributed by atoms with Crippen LogP contribution in [0, 0.1) is 31.1 Å². The normalized spacial score (nSPS) is 14.3. The van der Waals surface area contributed by atoms with Crippen LogP contribution >= 0.6 is 11.6 Å². The molecule has 3 aromatic carbocycles. The van der Waals surface area contributed by atoms with Gasteiger partial charge in [0.05, 0.1) is 12.5 Å². The average molecular weight is 547 g/mol. The van der Waals surface area contributed by atoms with E-state index in [9.17, 15) is 10.1 Å². The van der Waals surface area contributed by atoms with Crippen LogP contribution in [-0.4, -0.2) is 19.2 Å². The first-order valence-electron chi connectivity index (χ1n) is 12.7. The zero-order valence-corrected chi connectivity index (χ0v) is 23.2. The summed E-state index contributed by atoms with van der Waals surface area (Å²) in [5.74, 6) is 1.40. The largest absolute Gasteiger partial charge is 0.494 e. The number of allylic oxidation sites excluding steroid dienone is 1. The number of aryl methyl sites for hydroxylation is 2. The molecule has 39 heavy (non-hydrogen) atoms. The van der Waals surface area contributed by atoms with Crippen LogP contribution in [0.5, 0.6) is 23.0 Å². The molecule has 1 aliphatic heterocycles. The van der Waals surface area contributed by atoms with Gasteiger partial charge in [0.2, 0.25) is 5.88 Å². The molecule has 3 aromatic rings. The maximum atomic E-state index is 12.5. The number of halogens is 1. The molecule has 1 atom stereocenters. The van der Waals surface area contributed by atoms with Crippen LogP contribution in [0.2, 0.25) is 5.02 Å². The first-order chi connectivity index (χ1) is 18.7. The van der Waals surface area contributed by atoms with E-state index in [-0.39, 0.29) is 18.2 Å². The molecule has 0 spiro atoms. The molecule has 2 N–H and O–H groups in total. The predicted octanol–water partition coefficient (Wildman–Crippen LogP) is 6.58. The van der Waals surface area contributed by atoms with E-state index in [4.69, 9.17) is 36.3 Å². The van der Waals surface area contributed by atoms with E-state index in [2.05, 4.69) is 19.9 Å². The summed E-state index contributed by atoms with van der Waals surface area (Å²) in [4.78, 5) is 12.5. The molecule has 0 bridgehead atoms. The molecule has 0 radical (unpaired) electrons. The molecule has 0 aromatic heterocycles. The maximum Gasteiger partial charge on any atom is 0.349 e. The van der Waals surface area contributed by atoms with Crippen molar-refractivity contribution in [1.82, 2.24) is 0 Å². The fourth-order valence-electron chi connectivity index (χ4n) is 4.33. The molecule has 202 valence electrons. The van der Waals surface area contributed by atoms with Gasteiger partial charge in [-0.05, 0) is 73.2 Å². The third-order valence-corrected chi connectivity index (χ3v) is 6.94. The number of carbonyl (C=O) groups excluding carboxylic acids is 1. The zero-order valence-electron chi connectivity index (χ0n) is 22.4. The Morgan fingerprint density at radius 1 is 1.05 bits per heavy atom. The SMILES string of the molecule is Cc1cc(OCC(=O)Oc2ccc3c(c2)OC(N)=C(C#N)C3c2cccc(OCCC(C)C)c2)cc(C)c1Cl. The van der Waals surface area contributed by atoms with Crippen molar-refractivity contribution in [3.05, 3.63) is 93.3 Å². The lowest BCUT2D eigenvalue weighted by molar-refractivity contribution is -0.136. The zero-order chi connectivity index (χ0) is 28.1. The average Bonchev–Trinajstić information content (AvgIpc) is 2.89. The van der Waals surface area contributed by atoms with Crippen molar-refractivity contribution in [1.29, 1.82) is 5.26 Å². The summed E-state index contributed by atoms with van der Waals surface area (Å²) < 4.78 is 22.8. The van der Waals surface area contributed by atoms with Crippen molar-refractivity contribution in [3.8, 4) is 29.1 Å². The van der Waals surface area contributed by atoms with Crippen LogP contribution in [0.4, 0.5) is 0 Å².